The van der Waals surface area contributed by atoms with Gasteiger partial charge in [0.05, 0.1) is 12.7 Å². The summed E-state index contributed by atoms with van der Waals surface area (Å²) in [5, 5.41) is 15.0. The van der Waals surface area contributed by atoms with Crippen LogP contribution in [0, 0.1) is 5.92 Å². The van der Waals surface area contributed by atoms with E-state index in [1.54, 1.807) is 0 Å². The molecule has 6 heteroatoms. The minimum atomic E-state index is 0. The van der Waals surface area contributed by atoms with Crippen molar-refractivity contribution in [3.63, 3.8) is 0 Å². The van der Waals surface area contributed by atoms with Crippen molar-refractivity contribution in [3.8, 4) is 0 Å². The fraction of sp³-hybridized carbons (Fsp3) is 0.923. The van der Waals surface area contributed by atoms with Crippen molar-refractivity contribution >= 4 is 29.9 Å². The molecule has 0 aromatic carbocycles. The van der Waals surface area contributed by atoms with Crippen LogP contribution in [-0.2, 0) is 4.74 Å². The molecule has 0 heterocycles. The van der Waals surface area contributed by atoms with Gasteiger partial charge in [-0.15, -0.1) is 24.0 Å². The van der Waals surface area contributed by atoms with Crippen molar-refractivity contribution in [2.45, 2.75) is 40.2 Å². The first kappa shape index (κ1) is 21.2. The van der Waals surface area contributed by atoms with Gasteiger partial charge in [0, 0.05) is 26.2 Å². The number of aliphatic imine (C=N–C) groups is 1. The van der Waals surface area contributed by atoms with Gasteiger partial charge in [0.2, 0.25) is 0 Å². The van der Waals surface area contributed by atoms with E-state index in [1.165, 1.54) is 0 Å². The molecule has 0 aliphatic rings. The van der Waals surface area contributed by atoms with E-state index in [0.29, 0.717) is 12.5 Å². The first-order valence-corrected chi connectivity index (χ1v) is 6.90. The molecule has 0 radical (unpaired) electrons. The van der Waals surface area contributed by atoms with E-state index in [2.05, 4.69) is 29.5 Å². The smallest absolute Gasteiger partial charge is 0.191 e. The number of halogens is 1. The molecule has 0 aromatic rings. The van der Waals surface area contributed by atoms with Gasteiger partial charge in [-0.25, -0.2) is 0 Å². The van der Waals surface area contributed by atoms with E-state index in [9.17, 15) is 0 Å². The highest BCUT2D eigenvalue weighted by Crippen LogP contribution is 2.10. The van der Waals surface area contributed by atoms with Gasteiger partial charge in [-0.3, -0.25) is 4.99 Å². The second-order valence-electron chi connectivity index (χ2n) is 4.44. The summed E-state index contributed by atoms with van der Waals surface area (Å²) in [6, 6.07) is 0. The van der Waals surface area contributed by atoms with Crippen LogP contribution in [0.5, 0.6) is 0 Å². The van der Waals surface area contributed by atoms with E-state index < -0.39 is 0 Å². The van der Waals surface area contributed by atoms with E-state index in [1.807, 2.05) is 13.8 Å². The lowest BCUT2D eigenvalue weighted by atomic mass is 10.0. The monoisotopic (exact) mass is 387 g/mol. The Labute approximate surface area is 134 Å². The topological polar surface area (TPSA) is 65.9 Å². The van der Waals surface area contributed by atoms with Crippen LogP contribution < -0.4 is 10.6 Å². The lowest BCUT2D eigenvalue weighted by molar-refractivity contribution is 0.0266. The first-order valence-electron chi connectivity index (χ1n) is 6.90. The molecule has 1 unspecified atom stereocenters. The molecule has 0 aliphatic carbocycles. The predicted molar refractivity (Wildman–Crippen MR) is 91.4 cm³/mol. The predicted octanol–water partition coefficient (Wildman–Crippen LogP) is 1.60. The molecule has 0 saturated heterocycles. The van der Waals surface area contributed by atoms with Gasteiger partial charge in [0.15, 0.2) is 5.96 Å². The number of aliphatic hydroxyl groups excluding tert-OH is 1. The van der Waals surface area contributed by atoms with Crippen molar-refractivity contribution in [1.29, 1.82) is 0 Å². The number of nitrogens with one attached hydrogen (secondary N) is 2. The maximum absolute atomic E-state index is 8.77. The van der Waals surface area contributed by atoms with Gasteiger partial charge < -0.3 is 20.5 Å². The van der Waals surface area contributed by atoms with Gasteiger partial charge in [0.25, 0.3) is 0 Å². The summed E-state index contributed by atoms with van der Waals surface area (Å²) in [6.07, 6.45) is 1.18. The fourth-order valence-corrected chi connectivity index (χ4v) is 1.64. The number of ether oxygens (including phenoxy) is 1. The van der Waals surface area contributed by atoms with Crippen molar-refractivity contribution in [2.75, 3.05) is 32.8 Å². The summed E-state index contributed by atoms with van der Waals surface area (Å²) in [7, 11) is 0. The fourth-order valence-electron chi connectivity index (χ4n) is 1.64. The Hall–Kier alpha value is -0.0800. The summed E-state index contributed by atoms with van der Waals surface area (Å²) < 4.78 is 5.68. The molecular weight excluding hydrogens is 357 g/mol. The van der Waals surface area contributed by atoms with Crippen molar-refractivity contribution in [1.82, 2.24) is 10.6 Å². The average molecular weight is 387 g/mol. The first-order chi connectivity index (χ1) is 8.65. The molecular formula is C13H30IN3O2. The zero-order valence-corrected chi connectivity index (χ0v) is 14.9. The Morgan fingerprint density at radius 3 is 2.42 bits per heavy atom. The van der Waals surface area contributed by atoms with Gasteiger partial charge in [0.1, 0.15) is 0 Å². The van der Waals surface area contributed by atoms with Crippen LogP contribution in [0.15, 0.2) is 4.99 Å². The molecule has 0 aliphatic heterocycles. The largest absolute Gasteiger partial charge is 0.395 e. The third-order valence-corrected chi connectivity index (χ3v) is 2.56. The molecule has 116 valence electrons. The summed E-state index contributed by atoms with van der Waals surface area (Å²) in [5.41, 5.74) is 0. The van der Waals surface area contributed by atoms with Crippen LogP contribution in [0.2, 0.25) is 0 Å². The second kappa shape index (κ2) is 14.3. The Morgan fingerprint density at radius 2 is 1.95 bits per heavy atom. The third-order valence-electron chi connectivity index (χ3n) is 2.56. The van der Waals surface area contributed by atoms with Crippen LogP contribution in [0.1, 0.15) is 34.1 Å². The Bertz CT molecular complexity index is 226. The summed E-state index contributed by atoms with van der Waals surface area (Å²) in [5.74, 6) is 1.26. The van der Waals surface area contributed by atoms with Crippen molar-refractivity contribution in [3.05, 3.63) is 0 Å². The summed E-state index contributed by atoms with van der Waals surface area (Å²) in [6.45, 7) is 11.3. The molecule has 1 atom stereocenters. The van der Waals surface area contributed by atoms with Gasteiger partial charge in [-0.2, -0.15) is 0 Å². The quantitative estimate of drug-likeness (QED) is 0.320. The molecule has 0 bridgehead atoms. The molecule has 19 heavy (non-hydrogen) atoms. The lowest BCUT2D eigenvalue weighted by Crippen LogP contribution is -2.39. The number of hydrogen-bond acceptors (Lipinski definition) is 3. The number of rotatable bonds is 9. The highest BCUT2D eigenvalue weighted by atomic mass is 127. The zero-order chi connectivity index (χ0) is 13.8. The highest BCUT2D eigenvalue weighted by molar-refractivity contribution is 14.0. The Morgan fingerprint density at radius 1 is 1.26 bits per heavy atom. The standard InChI is InChI=1S/C13H29N3O2.HI/c1-5-14-13(16-9-10-17)15-8-7-12(11(3)4)18-6-2;/h11-12,17H,5-10H2,1-4H3,(H2,14,15,16);1H. The summed E-state index contributed by atoms with van der Waals surface area (Å²) in [4.78, 5) is 4.46. The Balaban J connectivity index is 0. The van der Waals surface area contributed by atoms with Crippen LogP contribution in [-0.4, -0.2) is 50.0 Å². The number of hydrogen-bond donors (Lipinski definition) is 3. The van der Waals surface area contributed by atoms with E-state index >= 15 is 0 Å². The molecule has 3 N–H and O–H groups in total. The maximum Gasteiger partial charge on any atom is 0.191 e. The molecule has 5 nitrogen and oxygen atoms in total. The SMILES string of the molecule is CCNC(=NCCC(OCC)C(C)C)NCCO.I. The number of aliphatic hydroxyl groups is 1. The van der Waals surface area contributed by atoms with Crippen molar-refractivity contribution < 1.29 is 9.84 Å². The minimum Gasteiger partial charge on any atom is -0.395 e. The number of guanidine groups is 1. The van der Waals surface area contributed by atoms with Gasteiger partial charge in [-0.05, 0) is 26.2 Å². The minimum absolute atomic E-state index is 0. The zero-order valence-electron chi connectivity index (χ0n) is 12.6. The molecule has 0 saturated carbocycles. The number of nitrogens with zero attached hydrogens (tertiary/aromatic N) is 1. The lowest BCUT2D eigenvalue weighted by Gasteiger charge is -2.20. The van der Waals surface area contributed by atoms with Crippen LogP contribution >= 0.6 is 24.0 Å². The van der Waals surface area contributed by atoms with Crippen LogP contribution in [0.4, 0.5) is 0 Å². The maximum atomic E-state index is 8.77. The third kappa shape index (κ3) is 11.4. The van der Waals surface area contributed by atoms with E-state index in [0.717, 1.165) is 32.1 Å². The normalized spacial score (nSPS) is 13.1. The van der Waals surface area contributed by atoms with Crippen LogP contribution in [0.25, 0.3) is 0 Å². The molecule has 0 rings (SSSR count). The molecule has 0 spiro atoms. The van der Waals surface area contributed by atoms with Crippen molar-refractivity contribution in [2.24, 2.45) is 10.9 Å². The molecule has 0 fully saturated rings. The second-order valence-corrected chi connectivity index (χ2v) is 4.44. The molecule has 0 amide bonds. The van der Waals surface area contributed by atoms with Gasteiger partial charge in [-0.1, -0.05) is 13.8 Å². The Kier molecular flexibility index (Phi) is 16.0. The highest BCUT2D eigenvalue weighted by Gasteiger charge is 2.12. The molecule has 0 aromatic heterocycles. The van der Waals surface area contributed by atoms with Crippen LogP contribution in [0.3, 0.4) is 0 Å². The van der Waals surface area contributed by atoms with E-state index in [4.69, 9.17) is 9.84 Å². The summed E-state index contributed by atoms with van der Waals surface area (Å²) >= 11 is 0. The van der Waals surface area contributed by atoms with E-state index in [-0.39, 0.29) is 36.7 Å². The average Bonchev–Trinajstić information content (AvgIpc) is 2.34. The van der Waals surface area contributed by atoms with Gasteiger partial charge >= 0.3 is 0 Å².